The van der Waals surface area contributed by atoms with Gasteiger partial charge in [-0.2, -0.15) is 0 Å². The van der Waals surface area contributed by atoms with Crippen molar-refractivity contribution in [2.24, 2.45) is 23.5 Å². The minimum atomic E-state index is -0.615. The summed E-state index contributed by atoms with van der Waals surface area (Å²) in [6, 6.07) is -1.27. The largest absolute Gasteiger partial charge is 0.354 e. The Morgan fingerprint density at radius 2 is 1.47 bits per heavy atom. The Balaban J connectivity index is 4.86. The summed E-state index contributed by atoms with van der Waals surface area (Å²) in [4.78, 5) is 48.9. The first-order valence-electron chi connectivity index (χ1n) is 12.1. The van der Waals surface area contributed by atoms with Crippen molar-refractivity contribution in [2.75, 3.05) is 6.54 Å². The smallest absolute Gasteiger partial charge is 0.312 e. The van der Waals surface area contributed by atoms with Crippen LogP contribution in [0.1, 0.15) is 92.9 Å². The maximum absolute atomic E-state index is 13.0. The van der Waals surface area contributed by atoms with Gasteiger partial charge in [0.05, 0.1) is 6.04 Å². The molecule has 0 aliphatic heterocycles. The van der Waals surface area contributed by atoms with E-state index in [0.29, 0.717) is 31.7 Å². The molecular formula is C24H46N4O4. The molecule has 0 unspecified atom stereocenters. The van der Waals surface area contributed by atoms with E-state index in [9.17, 15) is 19.2 Å². The Morgan fingerprint density at radius 3 is 2.00 bits per heavy atom. The molecule has 0 rings (SSSR count). The Kier molecular flexibility index (Phi) is 15.4. The molecule has 0 fully saturated rings. The lowest BCUT2D eigenvalue weighted by molar-refractivity contribution is -0.133. The molecule has 0 heterocycles. The summed E-state index contributed by atoms with van der Waals surface area (Å²) in [6.07, 6.45) is 5.50. The number of carbonyl (C=O) groups excluding carboxylic acids is 4. The van der Waals surface area contributed by atoms with Gasteiger partial charge < -0.3 is 21.7 Å². The summed E-state index contributed by atoms with van der Waals surface area (Å²) in [5.41, 5.74) is 5.08. The summed E-state index contributed by atoms with van der Waals surface area (Å²) >= 11 is 0. The topological polar surface area (TPSA) is 130 Å². The quantitative estimate of drug-likeness (QED) is 0.251. The van der Waals surface area contributed by atoms with Gasteiger partial charge in [-0.25, -0.2) is 4.79 Å². The van der Waals surface area contributed by atoms with Crippen LogP contribution in [0.3, 0.4) is 0 Å². The van der Waals surface area contributed by atoms with E-state index in [2.05, 4.69) is 29.8 Å². The van der Waals surface area contributed by atoms with E-state index in [4.69, 9.17) is 5.73 Å². The highest BCUT2D eigenvalue weighted by Crippen LogP contribution is 2.17. The van der Waals surface area contributed by atoms with Crippen molar-refractivity contribution in [1.29, 1.82) is 0 Å². The maximum Gasteiger partial charge on any atom is 0.312 e. The molecule has 8 nitrogen and oxygen atoms in total. The third kappa shape index (κ3) is 14.8. The van der Waals surface area contributed by atoms with Crippen LogP contribution >= 0.6 is 0 Å². The van der Waals surface area contributed by atoms with Crippen molar-refractivity contribution in [1.82, 2.24) is 16.0 Å². The first-order chi connectivity index (χ1) is 14.9. The molecule has 5 N–H and O–H groups in total. The van der Waals surface area contributed by atoms with Gasteiger partial charge in [0.2, 0.25) is 11.8 Å². The standard InChI is InChI=1S/C24H46N4O4/c1-16(2)11-8-7-9-13-21(30)28-22(17(3)4)20(29)15-19(23(31)27-18(5)6)12-10-14-26-24(25)32/h16-19,22H,7-15H2,1-6H3,(H,27,31)(H,28,30)(H3,25,26,32)/t19-,22-/m1/s1. The van der Waals surface area contributed by atoms with Gasteiger partial charge in [-0.3, -0.25) is 14.4 Å². The summed E-state index contributed by atoms with van der Waals surface area (Å²) in [5.74, 6) is -0.368. The number of nitrogens with two attached hydrogens (primary N) is 1. The van der Waals surface area contributed by atoms with Crippen LogP contribution in [0.15, 0.2) is 0 Å². The molecule has 0 aromatic carbocycles. The van der Waals surface area contributed by atoms with Gasteiger partial charge in [-0.15, -0.1) is 0 Å². The summed E-state index contributed by atoms with van der Waals surface area (Å²) in [5, 5.41) is 8.25. The van der Waals surface area contributed by atoms with Crippen LogP contribution in [-0.4, -0.2) is 42.3 Å². The van der Waals surface area contributed by atoms with E-state index >= 15 is 0 Å². The number of carbonyl (C=O) groups is 4. The highest BCUT2D eigenvalue weighted by atomic mass is 16.2. The lowest BCUT2D eigenvalue weighted by atomic mass is 9.89. The molecule has 0 spiro atoms. The van der Waals surface area contributed by atoms with E-state index in [0.717, 1.165) is 25.7 Å². The van der Waals surface area contributed by atoms with Gasteiger partial charge in [0, 0.05) is 31.3 Å². The van der Waals surface area contributed by atoms with Gasteiger partial charge in [0.1, 0.15) is 0 Å². The first-order valence-corrected chi connectivity index (χ1v) is 12.1. The molecule has 0 aliphatic rings. The first kappa shape index (κ1) is 29.9. The zero-order valence-corrected chi connectivity index (χ0v) is 21.0. The van der Waals surface area contributed by atoms with Crippen molar-refractivity contribution in [3.05, 3.63) is 0 Å². The van der Waals surface area contributed by atoms with Crippen molar-refractivity contribution in [3.8, 4) is 0 Å². The van der Waals surface area contributed by atoms with Gasteiger partial charge in [-0.1, -0.05) is 47.0 Å². The monoisotopic (exact) mass is 454 g/mol. The molecule has 0 aliphatic carbocycles. The van der Waals surface area contributed by atoms with Crippen LogP contribution < -0.4 is 21.7 Å². The zero-order chi connectivity index (χ0) is 24.7. The maximum atomic E-state index is 13.0. The normalized spacial score (nSPS) is 13.2. The molecule has 0 aromatic heterocycles. The Labute approximate surface area is 194 Å². The van der Waals surface area contributed by atoms with E-state index in [1.165, 1.54) is 0 Å². The van der Waals surface area contributed by atoms with Crippen LogP contribution in [0, 0.1) is 17.8 Å². The molecule has 0 radical (unpaired) electrons. The second-order valence-corrected chi connectivity index (χ2v) is 9.75. The van der Waals surface area contributed by atoms with Gasteiger partial charge in [-0.05, 0) is 44.9 Å². The van der Waals surface area contributed by atoms with E-state index < -0.39 is 18.0 Å². The highest BCUT2D eigenvalue weighted by Gasteiger charge is 2.29. The number of hydrogen-bond donors (Lipinski definition) is 4. The lowest BCUT2D eigenvalue weighted by Gasteiger charge is -2.24. The number of ketones is 1. The molecule has 8 heteroatoms. The summed E-state index contributed by atoms with van der Waals surface area (Å²) in [6.45, 7) is 12.2. The molecule has 0 saturated carbocycles. The minimum absolute atomic E-state index is 0.0415. The fraction of sp³-hybridized carbons (Fsp3) is 0.833. The number of hydrogen-bond acceptors (Lipinski definition) is 4. The number of unbranched alkanes of at least 4 members (excludes halogenated alkanes) is 2. The van der Waals surface area contributed by atoms with E-state index in [1.54, 1.807) is 0 Å². The molecule has 186 valence electrons. The van der Waals surface area contributed by atoms with Crippen molar-refractivity contribution in [3.63, 3.8) is 0 Å². The van der Waals surface area contributed by atoms with Crippen LogP contribution in [0.2, 0.25) is 0 Å². The molecule has 32 heavy (non-hydrogen) atoms. The Morgan fingerprint density at radius 1 is 0.812 bits per heavy atom. The fourth-order valence-corrected chi connectivity index (χ4v) is 3.54. The molecule has 4 amide bonds. The fourth-order valence-electron chi connectivity index (χ4n) is 3.54. The van der Waals surface area contributed by atoms with Crippen LogP contribution in [0.25, 0.3) is 0 Å². The van der Waals surface area contributed by atoms with Crippen molar-refractivity contribution >= 4 is 23.6 Å². The number of primary amides is 1. The number of amides is 4. The van der Waals surface area contributed by atoms with Gasteiger partial charge in [0.15, 0.2) is 5.78 Å². The minimum Gasteiger partial charge on any atom is -0.354 e. The molecular weight excluding hydrogens is 408 g/mol. The van der Waals surface area contributed by atoms with E-state index in [-0.39, 0.29) is 36.0 Å². The third-order valence-corrected chi connectivity index (χ3v) is 5.29. The Bertz CT molecular complexity index is 591. The second kappa shape index (κ2) is 16.5. The SMILES string of the molecule is CC(C)CCCCCC(=O)N[C@@H](C(=O)C[C@@H](CCCNC(N)=O)C(=O)NC(C)C)C(C)C. The van der Waals surface area contributed by atoms with Gasteiger partial charge in [0.25, 0.3) is 0 Å². The number of Topliss-reactive ketones (excluding diaryl/α,β-unsaturated/α-hetero) is 1. The molecule has 0 aromatic rings. The molecule has 2 atom stereocenters. The average molecular weight is 455 g/mol. The summed E-state index contributed by atoms with van der Waals surface area (Å²) in [7, 11) is 0. The highest BCUT2D eigenvalue weighted by molar-refractivity contribution is 5.92. The average Bonchev–Trinajstić information content (AvgIpc) is 2.66. The lowest BCUT2D eigenvalue weighted by Crippen LogP contribution is -2.46. The Hall–Kier alpha value is -2.12. The zero-order valence-electron chi connectivity index (χ0n) is 21.0. The second-order valence-electron chi connectivity index (χ2n) is 9.75. The predicted molar refractivity (Wildman–Crippen MR) is 128 cm³/mol. The third-order valence-electron chi connectivity index (χ3n) is 5.29. The number of nitrogens with one attached hydrogen (secondary N) is 3. The van der Waals surface area contributed by atoms with Gasteiger partial charge >= 0.3 is 6.03 Å². The molecule has 0 saturated heterocycles. The van der Waals surface area contributed by atoms with Crippen LogP contribution in [0.4, 0.5) is 4.79 Å². The number of urea groups is 1. The molecule has 0 bridgehead atoms. The predicted octanol–water partition coefficient (Wildman–Crippen LogP) is 3.28. The van der Waals surface area contributed by atoms with E-state index in [1.807, 2.05) is 27.7 Å². The van der Waals surface area contributed by atoms with Crippen molar-refractivity contribution in [2.45, 2.75) is 105 Å². The number of rotatable bonds is 17. The van der Waals surface area contributed by atoms with Crippen LogP contribution in [-0.2, 0) is 14.4 Å². The summed E-state index contributed by atoms with van der Waals surface area (Å²) < 4.78 is 0. The van der Waals surface area contributed by atoms with Crippen molar-refractivity contribution < 1.29 is 19.2 Å². The van der Waals surface area contributed by atoms with Crippen LogP contribution in [0.5, 0.6) is 0 Å².